The largest absolute Gasteiger partial charge is 0.458 e. The summed E-state index contributed by atoms with van der Waals surface area (Å²) in [5.74, 6) is -0.582. The van der Waals surface area contributed by atoms with Crippen molar-refractivity contribution < 1.29 is 22.7 Å². The summed E-state index contributed by atoms with van der Waals surface area (Å²) in [6.07, 6.45) is 4.41. The lowest BCUT2D eigenvalue weighted by atomic mass is 9.95. The van der Waals surface area contributed by atoms with Crippen LogP contribution in [0.3, 0.4) is 0 Å². The molecule has 1 aromatic rings. The molecule has 0 amide bonds. The molecule has 112 valence electrons. The van der Waals surface area contributed by atoms with Gasteiger partial charge in [-0.25, -0.2) is 18.4 Å². The highest BCUT2D eigenvalue weighted by molar-refractivity contribution is 7.89. The molecular formula is C12H18N2O5S. The minimum absolute atomic E-state index is 0.0774. The number of hydrogen-bond acceptors (Lipinski definition) is 5. The molecule has 3 N–H and O–H groups in total. The van der Waals surface area contributed by atoms with Crippen LogP contribution in [0.25, 0.3) is 0 Å². The summed E-state index contributed by atoms with van der Waals surface area (Å²) >= 11 is 0. The van der Waals surface area contributed by atoms with Crippen molar-refractivity contribution >= 4 is 16.0 Å². The van der Waals surface area contributed by atoms with E-state index in [2.05, 4.69) is 4.98 Å². The zero-order chi connectivity index (χ0) is 14.8. The van der Waals surface area contributed by atoms with Crippen LogP contribution in [0.2, 0.25) is 0 Å². The molecule has 7 nitrogen and oxygen atoms in total. The van der Waals surface area contributed by atoms with E-state index in [-0.39, 0.29) is 22.8 Å². The minimum Gasteiger partial charge on any atom is -0.458 e. The van der Waals surface area contributed by atoms with Gasteiger partial charge in [0.25, 0.3) is 0 Å². The summed E-state index contributed by atoms with van der Waals surface area (Å²) in [6.45, 7) is 0. The molecule has 0 aliphatic heterocycles. The molecule has 2 atom stereocenters. The molecule has 0 saturated heterocycles. The standard InChI is InChI=1S/C12H18N2O5S/c1-18-8-3-2-4-9(5-8)19-12(15)11-6-10(7-14-11)20(13,16)17/h6-9,14H,2-5H2,1H3,(H2,13,16,17). The Morgan fingerprint density at radius 2 is 2.10 bits per heavy atom. The van der Waals surface area contributed by atoms with E-state index in [1.54, 1.807) is 7.11 Å². The fourth-order valence-corrected chi connectivity index (χ4v) is 2.80. The normalized spacial score (nSPS) is 23.5. The quantitative estimate of drug-likeness (QED) is 0.798. The summed E-state index contributed by atoms with van der Waals surface area (Å²) in [7, 11) is -2.18. The summed E-state index contributed by atoms with van der Waals surface area (Å²) < 4.78 is 32.9. The van der Waals surface area contributed by atoms with Crippen LogP contribution in [0.15, 0.2) is 17.2 Å². The predicted octanol–water partition coefficient (Wildman–Crippen LogP) is 0.777. The molecule has 1 saturated carbocycles. The molecular weight excluding hydrogens is 284 g/mol. The first-order chi connectivity index (χ1) is 9.40. The maximum absolute atomic E-state index is 11.9. The first-order valence-corrected chi connectivity index (χ1v) is 7.90. The van der Waals surface area contributed by atoms with Crippen LogP contribution in [0, 0.1) is 0 Å². The molecule has 1 aromatic heterocycles. The predicted molar refractivity (Wildman–Crippen MR) is 70.6 cm³/mol. The number of aromatic amines is 1. The molecule has 8 heteroatoms. The third kappa shape index (κ3) is 3.59. The highest BCUT2D eigenvalue weighted by atomic mass is 32.2. The lowest BCUT2D eigenvalue weighted by Crippen LogP contribution is -2.29. The molecule has 1 aliphatic rings. The molecule has 2 rings (SSSR count). The molecule has 0 bridgehead atoms. The maximum atomic E-state index is 11.9. The Labute approximate surface area is 117 Å². The first kappa shape index (κ1) is 15.0. The fourth-order valence-electron chi connectivity index (χ4n) is 2.29. The monoisotopic (exact) mass is 302 g/mol. The number of sulfonamides is 1. The van der Waals surface area contributed by atoms with E-state index < -0.39 is 16.0 Å². The summed E-state index contributed by atoms with van der Waals surface area (Å²) in [5.41, 5.74) is 0.0774. The number of methoxy groups -OCH3 is 1. The highest BCUT2D eigenvalue weighted by Gasteiger charge is 2.26. The van der Waals surface area contributed by atoms with E-state index in [0.29, 0.717) is 6.42 Å². The number of nitrogens with two attached hydrogens (primary N) is 1. The second kappa shape index (κ2) is 5.94. The highest BCUT2D eigenvalue weighted by Crippen LogP contribution is 2.24. The number of carbonyl (C=O) groups excluding carboxylic acids is 1. The van der Waals surface area contributed by atoms with Gasteiger partial charge in [0.1, 0.15) is 16.7 Å². The first-order valence-electron chi connectivity index (χ1n) is 6.35. The van der Waals surface area contributed by atoms with Crippen LogP contribution in [0.4, 0.5) is 0 Å². The van der Waals surface area contributed by atoms with Crippen molar-refractivity contribution in [3.05, 3.63) is 18.0 Å². The van der Waals surface area contributed by atoms with E-state index in [1.807, 2.05) is 0 Å². The summed E-state index contributed by atoms with van der Waals surface area (Å²) in [5, 5.41) is 4.97. The van der Waals surface area contributed by atoms with Crippen LogP contribution < -0.4 is 5.14 Å². The molecule has 1 aliphatic carbocycles. The van der Waals surface area contributed by atoms with Crippen molar-refractivity contribution in [1.29, 1.82) is 0 Å². The van der Waals surface area contributed by atoms with E-state index in [4.69, 9.17) is 14.6 Å². The molecule has 20 heavy (non-hydrogen) atoms. The molecule has 0 spiro atoms. The van der Waals surface area contributed by atoms with Gasteiger partial charge in [-0.1, -0.05) is 0 Å². The smallest absolute Gasteiger partial charge is 0.355 e. The number of primary sulfonamides is 1. The van der Waals surface area contributed by atoms with Crippen LogP contribution in [0.5, 0.6) is 0 Å². The Morgan fingerprint density at radius 1 is 1.40 bits per heavy atom. The van der Waals surface area contributed by atoms with Gasteiger partial charge in [-0.3, -0.25) is 0 Å². The van der Waals surface area contributed by atoms with Crippen LogP contribution in [-0.4, -0.2) is 38.7 Å². The van der Waals surface area contributed by atoms with Gasteiger partial charge in [-0.2, -0.15) is 0 Å². The van der Waals surface area contributed by atoms with E-state index in [0.717, 1.165) is 19.3 Å². The fraction of sp³-hybridized carbons (Fsp3) is 0.583. The average Bonchev–Trinajstić information content (AvgIpc) is 2.88. The minimum atomic E-state index is -3.82. The Bertz CT molecular complexity index is 580. The van der Waals surface area contributed by atoms with Crippen molar-refractivity contribution in [3.8, 4) is 0 Å². The third-order valence-electron chi connectivity index (χ3n) is 3.39. The molecule has 1 fully saturated rings. The van der Waals surface area contributed by atoms with Crippen molar-refractivity contribution in [2.45, 2.75) is 42.8 Å². The van der Waals surface area contributed by atoms with Gasteiger partial charge in [0, 0.05) is 19.7 Å². The Hall–Kier alpha value is -1.38. The van der Waals surface area contributed by atoms with Crippen molar-refractivity contribution in [2.24, 2.45) is 5.14 Å². The maximum Gasteiger partial charge on any atom is 0.355 e. The van der Waals surface area contributed by atoms with Gasteiger partial charge in [0.2, 0.25) is 10.0 Å². The molecule has 2 unspecified atom stereocenters. The zero-order valence-electron chi connectivity index (χ0n) is 11.2. The number of carbonyl (C=O) groups is 1. The molecule has 1 heterocycles. The summed E-state index contributed by atoms with van der Waals surface area (Å²) in [6, 6.07) is 1.17. The average molecular weight is 302 g/mol. The second-order valence-electron chi connectivity index (χ2n) is 4.85. The summed E-state index contributed by atoms with van der Waals surface area (Å²) in [4.78, 5) is 14.3. The van der Waals surface area contributed by atoms with Gasteiger partial charge in [0.05, 0.1) is 6.10 Å². The Kier molecular flexibility index (Phi) is 4.46. The van der Waals surface area contributed by atoms with Gasteiger partial charge in [-0.05, 0) is 25.3 Å². The second-order valence-corrected chi connectivity index (χ2v) is 6.41. The topological polar surface area (TPSA) is 111 Å². The molecule has 0 aromatic carbocycles. The Balaban J connectivity index is 2.00. The number of esters is 1. The van der Waals surface area contributed by atoms with E-state index >= 15 is 0 Å². The number of hydrogen-bond donors (Lipinski definition) is 2. The number of H-pyrrole nitrogens is 1. The van der Waals surface area contributed by atoms with Crippen LogP contribution >= 0.6 is 0 Å². The number of aromatic nitrogens is 1. The van der Waals surface area contributed by atoms with Crippen molar-refractivity contribution in [3.63, 3.8) is 0 Å². The number of ether oxygens (including phenoxy) is 2. The SMILES string of the molecule is COC1CCCC(OC(=O)c2cc(S(N)(=O)=O)c[nH]2)C1. The lowest BCUT2D eigenvalue weighted by molar-refractivity contribution is -0.0152. The van der Waals surface area contributed by atoms with Crippen molar-refractivity contribution in [2.75, 3.05) is 7.11 Å². The van der Waals surface area contributed by atoms with Crippen LogP contribution in [0.1, 0.15) is 36.2 Å². The van der Waals surface area contributed by atoms with Gasteiger partial charge in [0.15, 0.2) is 0 Å². The zero-order valence-corrected chi connectivity index (χ0v) is 12.0. The lowest BCUT2D eigenvalue weighted by Gasteiger charge is -2.27. The van der Waals surface area contributed by atoms with E-state index in [1.165, 1.54) is 12.3 Å². The third-order valence-corrected chi connectivity index (χ3v) is 4.28. The van der Waals surface area contributed by atoms with E-state index in [9.17, 15) is 13.2 Å². The van der Waals surface area contributed by atoms with Gasteiger partial charge in [-0.15, -0.1) is 0 Å². The number of nitrogens with one attached hydrogen (secondary N) is 1. The van der Waals surface area contributed by atoms with Gasteiger partial charge >= 0.3 is 5.97 Å². The molecule has 0 radical (unpaired) electrons. The number of rotatable bonds is 4. The van der Waals surface area contributed by atoms with Crippen molar-refractivity contribution in [1.82, 2.24) is 4.98 Å². The van der Waals surface area contributed by atoms with Crippen LogP contribution in [-0.2, 0) is 19.5 Å². The van der Waals surface area contributed by atoms with Gasteiger partial charge < -0.3 is 14.5 Å². The Morgan fingerprint density at radius 3 is 2.70 bits per heavy atom.